The third kappa shape index (κ3) is 4.38. The fourth-order valence-electron chi connectivity index (χ4n) is 3.46. The highest BCUT2D eigenvalue weighted by Gasteiger charge is 2.29. The van der Waals surface area contributed by atoms with Gasteiger partial charge >= 0.3 is 0 Å². The van der Waals surface area contributed by atoms with Crippen molar-refractivity contribution in [3.05, 3.63) is 0 Å². The average molecular weight is 284 g/mol. The Labute approximate surface area is 121 Å². The molecule has 4 atom stereocenters. The van der Waals surface area contributed by atoms with Gasteiger partial charge in [-0.2, -0.15) is 11.8 Å². The van der Waals surface area contributed by atoms with Crippen LogP contribution in [0.4, 0.5) is 0 Å². The van der Waals surface area contributed by atoms with Crippen molar-refractivity contribution < 1.29 is 4.79 Å². The second-order valence-corrected chi connectivity index (χ2v) is 7.24. The van der Waals surface area contributed by atoms with E-state index in [2.05, 4.69) is 23.8 Å². The third-order valence-corrected chi connectivity index (χ3v) is 5.92. The summed E-state index contributed by atoms with van der Waals surface area (Å²) in [5.74, 6) is 1.45. The van der Waals surface area contributed by atoms with Crippen LogP contribution < -0.4 is 10.6 Å². The van der Waals surface area contributed by atoms with E-state index in [1.807, 2.05) is 11.8 Å². The summed E-state index contributed by atoms with van der Waals surface area (Å²) in [7, 11) is 0. The lowest BCUT2D eigenvalue weighted by Crippen LogP contribution is -2.41. The van der Waals surface area contributed by atoms with Crippen molar-refractivity contribution in [2.24, 2.45) is 11.8 Å². The lowest BCUT2D eigenvalue weighted by atomic mass is 9.85. The molecule has 2 aliphatic rings. The summed E-state index contributed by atoms with van der Waals surface area (Å²) in [5, 5.41) is 7.35. The minimum atomic E-state index is 0.268. The van der Waals surface area contributed by atoms with Gasteiger partial charge in [0.25, 0.3) is 0 Å². The first-order chi connectivity index (χ1) is 9.20. The number of piperidine rings is 1. The van der Waals surface area contributed by atoms with Crippen LogP contribution in [0.25, 0.3) is 0 Å². The third-order valence-electron chi connectivity index (χ3n) is 4.75. The Morgan fingerprint density at radius 3 is 2.89 bits per heavy atom. The highest BCUT2D eigenvalue weighted by molar-refractivity contribution is 7.99. The topological polar surface area (TPSA) is 41.1 Å². The molecule has 2 N–H and O–H groups in total. The molecule has 0 radical (unpaired) electrons. The maximum atomic E-state index is 12.2. The van der Waals surface area contributed by atoms with Crippen LogP contribution in [0.1, 0.15) is 45.4 Å². The summed E-state index contributed by atoms with van der Waals surface area (Å²) in [5.41, 5.74) is 0. The lowest BCUT2D eigenvalue weighted by molar-refractivity contribution is -0.123. The Morgan fingerprint density at radius 1 is 1.37 bits per heavy atom. The first-order valence-corrected chi connectivity index (χ1v) is 9.02. The second-order valence-electron chi connectivity index (χ2n) is 6.17. The Kier molecular flexibility index (Phi) is 6.02. The lowest BCUT2D eigenvalue weighted by Gasteiger charge is -2.28. The molecule has 1 aliphatic heterocycles. The zero-order chi connectivity index (χ0) is 13.7. The fraction of sp³-hybridized carbons (Fsp3) is 0.933. The van der Waals surface area contributed by atoms with Crippen LogP contribution in [-0.4, -0.2) is 36.5 Å². The van der Waals surface area contributed by atoms with Crippen LogP contribution in [0.15, 0.2) is 0 Å². The molecule has 19 heavy (non-hydrogen) atoms. The number of carbonyl (C=O) groups excluding carboxylic acids is 1. The number of nitrogens with one attached hydrogen (secondary N) is 2. The van der Waals surface area contributed by atoms with E-state index in [1.165, 1.54) is 25.7 Å². The van der Waals surface area contributed by atoms with E-state index in [0.717, 1.165) is 19.5 Å². The van der Waals surface area contributed by atoms with Crippen molar-refractivity contribution in [3.63, 3.8) is 0 Å². The van der Waals surface area contributed by atoms with Gasteiger partial charge in [-0.1, -0.05) is 13.3 Å². The summed E-state index contributed by atoms with van der Waals surface area (Å²) >= 11 is 1.90. The van der Waals surface area contributed by atoms with Gasteiger partial charge in [-0.15, -0.1) is 0 Å². The first kappa shape index (κ1) is 15.2. The summed E-state index contributed by atoms with van der Waals surface area (Å²) in [4.78, 5) is 12.2. The van der Waals surface area contributed by atoms with Gasteiger partial charge in [0.1, 0.15) is 0 Å². The predicted molar refractivity (Wildman–Crippen MR) is 82.5 cm³/mol. The van der Waals surface area contributed by atoms with E-state index in [4.69, 9.17) is 0 Å². The van der Waals surface area contributed by atoms with Crippen molar-refractivity contribution in [3.8, 4) is 0 Å². The largest absolute Gasteiger partial charge is 0.352 e. The molecule has 0 bridgehead atoms. The van der Waals surface area contributed by atoms with Crippen LogP contribution in [0.3, 0.4) is 0 Å². The first-order valence-electron chi connectivity index (χ1n) is 7.73. The normalized spacial score (nSPS) is 33.1. The molecule has 110 valence electrons. The van der Waals surface area contributed by atoms with Crippen LogP contribution in [0, 0.1) is 11.8 Å². The number of rotatable bonds is 5. The van der Waals surface area contributed by atoms with Gasteiger partial charge in [-0.3, -0.25) is 4.79 Å². The van der Waals surface area contributed by atoms with Crippen LogP contribution in [0.2, 0.25) is 0 Å². The molecule has 3 nitrogen and oxygen atoms in total. The maximum Gasteiger partial charge on any atom is 0.220 e. The zero-order valence-electron chi connectivity index (χ0n) is 12.3. The van der Waals surface area contributed by atoms with Crippen LogP contribution in [-0.2, 0) is 4.79 Å². The fourth-order valence-corrected chi connectivity index (χ4v) is 4.40. The second kappa shape index (κ2) is 7.53. The van der Waals surface area contributed by atoms with Crippen molar-refractivity contribution in [2.75, 3.05) is 19.3 Å². The van der Waals surface area contributed by atoms with Gasteiger partial charge in [0.2, 0.25) is 5.91 Å². The Morgan fingerprint density at radius 2 is 2.21 bits per heavy atom. The molecule has 2 rings (SSSR count). The quantitative estimate of drug-likeness (QED) is 0.814. The van der Waals surface area contributed by atoms with E-state index in [1.54, 1.807) is 0 Å². The molecule has 0 aromatic heterocycles. The van der Waals surface area contributed by atoms with E-state index >= 15 is 0 Å². The molecule has 0 spiro atoms. The summed E-state index contributed by atoms with van der Waals surface area (Å²) in [6, 6.07) is 0.416. The number of hydrogen-bond donors (Lipinski definition) is 2. The number of hydrogen-bond acceptors (Lipinski definition) is 3. The van der Waals surface area contributed by atoms with Crippen molar-refractivity contribution in [1.29, 1.82) is 0 Å². The Balaban J connectivity index is 1.74. The van der Waals surface area contributed by atoms with Gasteiger partial charge in [0.15, 0.2) is 0 Å². The molecule has 1 saturated heterocycles. The number of carbonyl (C=O) groups is 1. The average Bonchev–Trinajstić information content (AvgIpc) is 2.86. The molecule has 4 heteroatoms. The molecular weight excluding hydrogens is 256 g/mol. The number of amides is 1. The summed E-state index contributed by atoms with van der Waals surface area (Å²) in [6.45, 7) is 4.47. The maximum absolute atomic E-state index is 12.2. The van der Waals surface area contributed by atoms with Crippen LogP contribution >= 0.6 is 11.8 Å². The molecule has 4 unspecified atom stereocenters. The SMILES string of the molecule is CSC1CCCC1NC(=O)CC(C)C1CCCNC1. The Hall–Kier alpha value is -0.220. The molecule has 0 aromatic carbocycles. The van der Waals surface area contributed by atoms with E-state index < -0.39 is 0 Å². The zero-order valence-corrected chi connectivity index (χ0v) is 13.1. The van der Waals surface area contributed by atoms with Crippen molar-refractivity contribution in [2.45, 2.75) is 56.7 Å². The van der Waals surface area contributed by atoms with Crippen molar-refractivity contribution >= 4 is 17.7 Å². The van der Waals surface area contributed by atoms with Gasteiger partial charge in [0.05, 0.1) is 0 Å². The van der Waals surface area contributed by atoms with Gasteiger partial charge in [-0.05, 0) is 56.9 Å². The number of thioether (sulfide) groups is 1. The summed E-state index contributed by atoms with van der Waals surface area (Å²) < 4.78 is 0. The van der Waals surface area contributed by atoms with E-state index in [-0.39, 0.29) is 5.91 Å². The highest BCUT2D eigenvalue weighted by atomic mass is 32.2. The molecule has 1 amide bonds. The van der Waals surface area contributed by atoms with Gasteiger partial charge < -0.3 is 10.6 Å². The predicted octanol–water partition coefficient (Wildman–Crippen LogP) is 2.41. The monoisotopic (exact) mass is 284 g/mol. The van der Waals surface area contributed by atoms with Crippen LogP contribution in [0.5, 0.6) is 0 Å². The van der Waals surface area contributed by atoms with E-state index in [9.17, 15) is 4.79 Å². The van der Waals surface area contributed by atoms with Crippen molar-refractivity contribution in [1.82, 2.24) is 10.6 Å². The molecule has 1 saturated carbocycles. The molecule has 2 fully saturated rings. The molecular formula is C15H28N2OS. The Bertz CT molecular complexity index is 292. The smallest absolute Gasteiger partial charge is 0.220 e. The minimum Gasteiger partial charge on any atom is -0.352 e. The summed E-state index contributed by atoms with van der Waals surface area (Å²) in [6.07, 6.45) is 9.07. The van der Waals surface area contributed by atoms with Gasteiger partial charge in [-0.25, -0.2) is 0 Å². The molecule has 0 aromatic rings. The standard InChI is InChI=1S/C15H28N2OS/c1-11(12-5-4-8-16-10-12)9-15(18)17-13-6-3-7-14(13)19-2/h11-14,16H,3-10H2,1-2H3,(H,17,18). The highest BCUT2D eigenvalue weighted by Crippen LogP contribution is 2.29. The molecule has 1 heterocycles. The minimum absolute atomic E-state index is 0.268. The molecule has 1 aliphatic carbocycles. The van der Waals surface area contributed by atoms with E-state index in [0.29, 0.717) is 29.5 Å². The van der Waals surface area contributed by atoms with Gasteiger partial charge in [0, 0.05) is 17.7 Å².